The summed E-state index contributed by atoms with van der Waals surface area (Å²) in [5.41, 5.74) is 0.295. The number of aliphatic hydroxyl groups is 1. The lowest BCUT2D eigenvalue weighted by molar-refractivity contribution is -0.117. The van der Waals surface area contributed by atoms with E-state index in [1.54, 1.807) is 0 Å². The van der Waals surface area contributed by atoms with Gasteiger partial charge in [-0.2, -0.15) is 0 Å². The van der Waals surface area contributed by atoms with Crippen LogP contribution >= 0.6 is 27.5 Å². The van der Waals surface area contributed by atoms with Crippen molar-refractivity contribution in [3.05, 3.63) is 27.4 Å². The SMILES string of the molecule is O=C1CC(O)CN1c1cc(F)c(Br)cc1Cl. The van der Waals surface area contributed by atoms with E-state index < -0.39 is 11.9 Å². The van der Waals surface area contributed by atoms with Crippen molar-refractivity contribution in [2.45, 2.75) is 12.5 Å². The van der Waals surface area contributed by atoms with Crippen LogP contribution in [0.2, 0.25) is 5.02 Å². The third-order valence-corrected chi connectivity index (χ3v) is 3.30. The Morgan fingerprint density at radius 2 is 2.25 bits per heavy atom. The predicted octanol–water partition coefficient (Wildman–Crippen LogP) is 2.34. The number of hydrogen-bond acceptors (Lipinski definition) is 2. The van der Waals surface area contributed by atoms with E-state index in [0.717, 1.165) is 0 Å². The first kappa shape index (κ1) is 11.8. The molecular weight excluding hydrogens is 300 g/mol. The topological polar surface area (TPSA) is 40.5 Å². The van der Waals surface area contributed by atoms with Gasteiger partial charge >= 0.3 is 0 Å². The van der Waals surface area contributed by atoms with E-state index in [1.165, 1.54) is 17.0 Å². The summed E-state index contributed by atoms with van der Waals surface area (Å²) in [6, 6.07) is 2.58. The highest BCUT2D eigenvalue weighted by atomic mass is 79.9. The fourth-order valence-electron chi connectivity index (χ4n) is 1.64. The molecule has 2 rings (SSSR count). The zero-order valence-corrected chi connectivity index (χ0v) is 10.4. The number of halogens is 3. The summed E-state index contributed by atoms with van der Waals surface area (Å²) in [6.07, 6.45) is -0.663. The van der Waals surface area contributed by atoms with Crippen molar-refractivity contribution in [3.8, 4) is 0 Å². The third kappa shape index (κ3) is 2.07. The fraction of sp³-hybridized carbons (Fsp3) is 0.300. The lowest BCUT2D eigenvalue weighted by atomic mass is 10.3. The van der Waals surface area contributed by atoms with Crippen molar-refractivity contribution in [2.75, 3.05) is 11.4 Å². The Morgan fingerprint density at radius 3 is 2.81 bits per heavy atom. The van der Waals surface area contributed by atoms with Crippen LogP contribution < -0.4 is 4.90 Å². The standard InChI is InChI=1S/C10H8BrClFNO2/c11-6-2-7(12)9(3-8(6)13)14-4-5(15)1-10(14)16/h2-3,5,15H,1,4H2. The third-order valence-electron chi connectivity index (χ3n) is 2.39. The first-order valence-electron chi connectivity index (χ1n) is 4.62. The van der Waals surface area contributed by atoms with Gasteiger partial charge in [0.05, 0.1) is 34.3 Å². The number of nitrogens with zero attached hydrogens (tertiary/aromatic N) is 1. The number of rotatable bonds is 1. The Labute approximate surface area is 105 Å². The van der Waals surface area contributed by atoms with Gasteiger partial charge in [0.1, 0.15) is 5.82 Å². The molecule has 3 nitrogen and oxygen atoms in total. The molecule has 16 heavy (non-hydrogen) atoms. The Kier molecular flexibility index (Phi) is 3.19. The van der Waals surface area contributed by atoms with Crippen molar-refractivity contribution in [2.24, 2.45) is 0 Å². The van der Waals surface area contributed by atoms with Crippen LogP contribution in [0, 0.1) is 5.82 Å². The molecule has 0 spiro atoms. The van der Waals surface area contributed by atoms with Gasteiger partial charge in [0.2, 0.25) is 5.91 Å². The van der Waals surface area contributed by atoms with Gasteiger partial charge in [0.15, 0.2) is 0 Å². The summed E-state index contributed by atoms with van der Waals surface area (Å²) < 4.78 is 13.6. The maximum absolute atomic E-state index is 13.3. The Balaban J connectivity index is 2.41. The first-order valence-corrected chi connectivity index (χ1v) is 5.79. The molecule has 1 aliphatic heterocycles. The average molecular weight is 309 g/mol. The molecule has 1 unspecified atom stereocenters. The lowest BCUT2D eigenvalue weighted by Gasteiger charge is -2.17. The lowest BCUT2D eigenvalue weighted by Crippen LogP contribution is -2.25. The van der Waals surface area contributed by atoms with Crippen LogP contribution in [-0.2, 0) is 4.79 Å². The zero-order chi connectivity index (χ0) is 11.9. The van der Waals surface area contributed by atoms with Gasteiger partial charge in [-0.3, -0.25) is 4.79 Å². The molecule has 1 amide bonds. The smallest absolute Gasteiger partial charge is 0.229 e. The fourth-order valence-corrected chi connectivity index (χ4v) is 2.38. The largest absolute Gasteiger partial charge is 0.391 e. The molecule has 0 radical (unpaired) electrons. The normalized spacial score (nSPS) is 20.6. The summed E-state index contributed by atoms with van der Waals surface area (Å²) in [5.74, 6) is -0.746. The summed E-state index contributed by atoms with van der Waals surface area (Å²) in [5, 5.41) is 9.61. The van der Waals surface area contributed by atoms with Gasteiger partial charge in [-0.05, 0) is 22.0 Å². The number of carbonyl (C=O) groups is 1. The molecule has 0 bridgehead atoms. The Morgan fingerprint density at radius 1 is 1.56 bits per heavy atom. The maximum Gasteiger partial charge on any atom is 0.229 e. The molecular formula is C10H8BrClFNO2. The van der Waals surface area contributed by atoms with Crippen LogP contribution in [0.3, 0.4) is 0 Å². The molecule has 1 saturated heterocycles. The van der Waals surface area contributed by atoms with Crippen LogP contribution in [0.4, 0.5) is 10.1 Å². The Bertz CT molecular complexity index is 455. The van der Waals surface area contributed by atoms with E-state index in [4.69, 9.17) is 11.6 Å². The molecule has 0 aliphatic carbocycles. The second kappa shape index (κ2) is 4.31. The maximum atomic E-state index is 13.3. The van der Waals surface area contributed by atoms with Crippen LogP contribution in [0.15, 0.2) is 16.6 Å². The molecule has 1 N–H and O–H groups in total. The highest BCUT2D eigenvalue weighted by Gasteiger charge is 2.30. The van der Waals surface area contributed by atoms with Crippen molar-refractivity contribution in [1.82, 2.24) is 0 Å². The quantitative estimate of drug-likeness (QED) is 0.809. The molecule has 1 aliphatic rings. The van der Waals surface area contributed by atoms with Crippen LogP contribution in [0.1, 0.15) is 6.42 Å². The zero-order valence-electron chi connectivity index (χ0n) is 8.08. The Hall–Kier alpha value is -0.650. The van der Waals surface area contributed by atoms with Gasteiger partial charge in [-0.15, -0.1) is 0 Å². The van der Waals surface area contributed by atoms with Gasteiger partial charge in [-0.25, -0.2) is 4.39 Å². The van der Waals surface area contributed by atoms with E-state index in [1.807, 2.05) is 0 Å². The molecule has 1 aromatic rings. The minimum Gasteiger partial charge on any atom is -0.391 e. The van der Waals surface area contributed by atoms with Gasteiger partial charge in [0, 0.05) is 6.07 Å². The van der Waals surface area contributed by atoms with Crippen LogP contribution in [-0.4, -0.2) is 23.7 Å². The van der Waals surface area contributed by atoms with E-state index >= 15 is 0 Å². The molecule has 1 heterocycles. The van der Waals surface area contributed by atoms with E-state index in [9.17, 15) is 14.3 Å². The van der Waals surface area contributed by atoms with E-state index in [-0.39, 0.29) is 28.4 Å². The second-order valence-electron chi connectivity index (χ2n) is 3.58. The van der Waals surface area contributed by atoms with E-state index in [2.05, 4.69) is 15.9 Å². The molecule has 1 atom stereocenters. The van der Waals surface area contributed by atoms with Gasteiger partial charge in [0.25, 0.3) is 0 Å². The van der Waals surface area contributed by atoms with Crippen molar-refractivity contribution < 1.29 is 14.3 Å². The monoisotopic (exact) mass is 307 g/mol. The molecule has 0 aromatic heterocycles. The number of anilines is 1. The van der Waals surface area contributed by atoms with Gasteiger partial charge in [-0.1, -0.05) is 11.6 Å². The predicted molar refractivity (Wildman–Crippen MR) is 62.1 cm³/mol. The molecule has 1 fully saturated rings. The van der Waals surface area contributed by atoms with E-state index in [0.29, 0.717) is 5.69 Å². The highest BCUT2D eigenvalue weighted by molar-refractivity contribution is 9.10. The molecule has 1 aromatic carbocycles. The van der Waals surface area contributed by atoms with Crippen molar-refractivity contribution in [1.29, 1.82) is 0 Å². The van der Waals surface area contributed by atoms with Crippen LogP contribution in [0.5, 0.6) is 0 Å². The highest BCUT2D eigenvalue weighted by Crippen LogP contribution is 2.33. The summed E-state index contributed by atoms with van der Waals surface area (Å²) >= 11 is 8.93. The summed E-state index contributed by atoms with van der Waals surface area (Å²) in [7, 11) is 0. The minimum atomic E-state index is -0.713. The van der Waals surface area contributed by atoms with Crippen molar-refractivity contribution in [3.63, 3.8) is 0 Å². The number of amides is 1. The van der Waals surface area contributed by atoms with Gasteiger partial charge < -0.3 is 10.0 Å². The number of benzene rings is 1. The first-order chi connectivity index (χ1) is 7.49. The number of hydrogen-bond donors (Lipinski definition) is 1. The average Bonchev–Trinajstić information content (AvgIpc) is 2.51. The molecule has 0 saturated carbocycles. The number of carbonyl (C=O) groups excluding carboxylic acids is 1. The second-order valence-corrected chi connectivity index (χ2v) is 4.84. The summed E-state index contributed by atoms with van der Waals surface area (Å²) in [4.78, 5) is 12.8. The van der Waals surface area contributed by atoms with Crippen molar-refractivity contribution >= 4 is 39.1 Å². The molecule has 86 valence electrons. The van der Waals surface area contributed by atoms with Crippen LogP contribution in [0.25, 0.3) is 0 Å². The molecule has 6 heteroatoms. The summed E-state index contributed by atoms with van der Waals surface area (Å²) in [6.45, 7) is 0.152. The number of aliphatic hydroxyl groups excluding tert-OH is 1. The minimum absolute atomic E-state index is 0.0496. The number of β-amino-alcohol motifs (C(OH)–C–C–N with tert-alkyl or cyclic N) is 1.